The molecule has 0 aromatic rings. The van der Waals surface area contributed by atoms with Crippen molar-refractivity contribution in [2.75, 3.05) is 13.7 Å². The summed E-state index contributed by atoms with van der Waals surface area (Å²) < 4.78 is 10.1. The van der Waals surface area contributed by atoms with Crippen molar-refractivity contribution in [3.63, 3.8) is 0 Å². The van der Waals surface area contributed by atoms with E-state index in [2.05, 4.69) is 10.5 Å². The highest BCUT2D eigenvalue weighted by Gasteiger charge is 2.49. The molecule has 9 nitrogen and oxygen atoms in total. The Morgan fingerprint density at radius 2 is 2.18 bits per heavy atom. The fraction of sp³-hybridized carbons (Fsp3) is 1.00. The van der Waals surface area contributed by atoms with Gasteiger partial charge >= 0.3 is 0 Å². The molecule has 3 unspecified atom stereocenters. The summed E-state index contributed by atoms with van der Waals surface area (Å²) in [5.74, 6) is -1.74. The summed E-state index contributed by atoms with van der Waals surface area (Å²) >= 11 is 0. The first kappa shape index (κ1) is 14.4. The average Bonchev–Trinajstić information content (AvgIpc) is 2.19. The molecule has 100 valence electrons. The predicted octanol–water partition coefficient (Wildman–Crippen LogP) is -2.68. The van der Waals surface area contributed by atoms with E-state index < -0.39 is 29.9 Å². The molecule has 0 saturated carbocycles. The van der Waals surface area contributed by atoms with Crippen LogP contribution < -0.4 is 22.5 Å². The molecule has 1 fully saturated rings. The van der Waals surface area contributed by atoms with Crippen LogP contribution in [-0.2, 0) is 9.47 Å². The Morgan fingerprint density at radius 3 is 2.59 bits per heavy atom. The molecule has 0 amide bonds. The van der Waals surface area contributed by atoms with Crippen molar-refractivity contribution in [1.29, 1.82) is 0 Å². The van der Waals surface area contributed by atoms with Crippen LogP contribution in [0, 0.1) is 4.91 Å². The van der Waals surface area contributed by atoms with Crippen LogP contribution in [-0.4, -0.2) is 48.7 Å². The lowest BCUT2D eigenvalue weighted by Gasteiger charge is -2.45. The molecule has 1 saturated heterocycles. The summed E-state index contributed by atoms with van der Waals surface area (Å²) in [6, 6.07) is -1.89. The number of nitrogens with zero attached hydrogens (tertiary/aromatic N) is 1. The number of nitrogens with two attached hydrogens (primary N) is 3. The molecule has 1 aliphatic rings. The largest absolute Gasteiger partial charge is 0.386 e. The fourth-order valence-corrected chi connectivity index (χ4v) is 1.79. The van der Waals surface area contributed by atoms with Crippen molar-refractivity contribution >= 4 is 0 Å². The van der Waals surface area contributed by atoms with Crippen molar-refractivity contribution in [3.8, 4) is 0 Å². The lowest BCUT2D eigenvalue weighted by molar-refractivity contribution is -0.222. The number of nitrogens with one attached hydrogen (secondary N) is 1. The molecule has 17 heavy (non-hydrogen) atoms. The van der Waals surface area contributed by atoms with Crippen LogP contribution in [0.25, 0.3) is 0 Å². The molecule has 0 aromatic carbocycles. The van der Waals surface area contributed by atoms with E-state index in [1.54, 1.807) is 0 Å². The van der Waals surface area contributed by atoms with E-state index in [9.17, 15) is 10.0 Å². The van der Waals surface area contributed by atoms with Gasteiger partial charge in [-0.1, -0.05) is 5.18 Å². The molecule has 0 bridgehead atoms. The van der Waals surface area contributed by atoms with E-state index in [4.69, 9.17) is 26.7 Å². The number of ether oxygens (including phenoxy) is 2. The van der Waals surface area contributed by atoms with Crippen molar-refractivity contribution in [2.45, 2.75) is 36.8 Å². The topological polar surface area (TPSA) is 158 Å². The number of hydrogen-bond acceptors (Lipinski definition) is 9. The minimum absolute atomic E-state index is 0.0642. The number of methoxy groups -OCH3 is 1. The molecule has 1 rings (SSSR count). The molecule has 0 aliphatic carbocycles. The average molecular weight is 249 g/mol. The Balaban J connectivity index is 2.93. The first-order valence-electron chi connectivity index (χ1n) is 5.05. The number of aliphatic hydroxyl groups is 1. The van der Waals surface area contributed by atoms with E-state index in [0.717, 1.165) is 0 Å². The Morgan fingerprint density at radius 1 is 1.59 bits per heavy atom. The minimum atomic E-state index is -1.74. The van der Waals surface area contributed by atoms with Crippen LogP contribution in [0.3, 0.4) is 0 Å². The summed E-state index contributed by atoms with van der Waals surface area (Å²) in [6.45, 7) is 1.39. The van der Waals surface area contributed by atoms with Crippen molar-refractivity contribution in [1.82, 2.24) is 5.32 Å². The third kappa shape index (κ3) is 3.39. The Hall–Kier alpha value is -0.680. The van der Waals surface area contributed by atoms with Gasteiger partial charge in [0, 0.05) is 7.11 Å². The normalized spacial score (nSPS) is 39.1. The van der Waals surface area contributed by atoms with Crippen molar-refractivity contribution in [2.24, 2.45) is 22.4 Å². The van der Waals surface area contributed by atoms with Gasteiger partial charge in [-0.3, -0.25) is 22.5 Å². The van der Waals surface area contributed by atoms with Crippen LogP contribution in [0.5, 0.6) is 0 Å². The summed E-state index contributed by atoms with van der Waals surface area (Å²) in [4.78, 5) is 10.8. The van der Waals surface area contributed by atoms with Gasteiger partial charge < -0.3 is 14.6 Å². The van der Waals surface area contributed by atoms with E-state index in [1.807, 2.05) is 0 Å². The second-order valence-corrected chi connectivity index (χ2v) is 4.42. The first-order chi connectivity index (χ1) is 7.71. The summed E-state index contributed by atoms with van der Waals surface area (Å²) in [7, 11) is 1.36. The standard InChI is InChI=1S/C8H19N5O4/c1-7(14)3-17-6(16-2)4(13-15)5(7)12-8(9,10)11/h4-6,12,14H,3,9-11H2,1-2H3/t4?,5-,6?,7?/m0/s1. The SMILES string of the molecule is COC1OCC(C)(O)[C@@H](NC(N)(N)N)C1N=O. The van der Waals surface area contributed by atoms with Gasteiger partial charge in [0.2, 0.25) is 0 Å². The summed E-state index contributed by atoms with van der Waals surface area (Å²) in [6.07, 6.45) is -0.882. The van der Waals surface area contributed by atoms with E-state index in [0.29, 0.717) is 0 Å². The van der Waals surface area contributed by atoms with Gasteiger partial charge in [0.25, 0.3) is 0 Å². The monoisotopic (exact) mass is 249 g/mol. The van der Waals surface area contributed by atoms with Gasteiger partial charge in [0.05, 0.1) is 12.6 Å². The second-order valence-electron chi connectivity index (χ2n) is 4.42. The fourth-order valence-electron chi connectivity index (χ4n) is 1.79. The molecule has 8 N–H and O–H groups in total. The molecule has 1 heterocycles. The molecular weight excluding hydrogens is 230 g/mol. The number of rotatable bonds is 4. The molecule has 9 heteroatoms. The minimum Gasteiger partial charge on any atom is -0.386 e. The number of hydrogen-bond donors (Lipinski definition) is 5. The lowest BCUT2D eigenvalue weighted by atomic mass is 9.88. The van der Waals surface area contributed by atoms with Crippen LogP contribution in [0.1, 0.15) is 6.92 Å². The number of nitroso groups, excluding NO2 is 1. The lowest BCUT2D eigenvalue weighted by Crippen LogP contribution is -2.77. The van der Waals surface area contributed by atoms with Gasteiger partial charge in [0.15, 0.2) is 18.2 Å². The quantitative estimate of drug-likeness (QED) is 0.266. The molecule has 0 spiro atoms. The van der Waals surface area contributed by atoms with E-state index >= 15 is 0 Å². The Labute approximate surface area is 98.6 Å². The highest BCUT2D eigenvalue weighted by molar-refractivity contribution is 5.02. The molecule has 0 radical (unpaired) electrons. The maximum atomic E-state index is 10.8. The zero-order valence-electron chi connectivity index (χ0n) is 9.79. The van der Waals surface area contributed by atoms with E-state index in [1.165, 1.54) is 14.0 Å². The van der Waals surface area contributed by atoms with Crippen LogP contribution >= 0.6 is 0 Å². The van der Waals surface area contributed by atoms with Crippen LogP contribution in [0.4, 0.5) is 0 Å². The zero-order valence-corrected chi connectivity index (χ0v) is 9.79. The zero-order chi connectivity index (χ0) is 13.3. The summed E-state index contributed by atoms with van der Waals surface area (Å²) in [5, 5.41) is 15.5. The van der Waals surface area contributed by atoms with Crippen molar-refractivity contribution < 1.29 is 14.6 Å². The van der Waals surface area contributed by atoms with Crippen LogP contribution in [0.15, 0.2) is 5.18 Å². The van der Waals surface area contributed by atoms with Gasteiger partial charge in [0.1, 0.15) is 5.60 Å². The Bertz CT molecular complexity index is 280. The predicted molar refractivity (Wildman–Crippen MR) is 59.2 cm³/mol. The molecular formula is C8H19N5O4. The third-order valence-corrected chi connectivity index (χ3v) is 2.59. The van der Waals surface area contributed by atoms with Crippen molar-refractivity contribution in [3.05, 3.63) is 4.91 Å². The highest BCUT2D eigenvalue weighted by Crippen LogP contribution is 2.26. The molecule has 4 atom stereocenters. The summed E-state index contributed by atoms with van der Waals surface area (Å²) in [5.41, 5.74) is 14.8. The van der Waals surface area contributed by atoms with Gasteiger partial charge in [-0.15, -0.1) is 0 Å². The van der Waals surface area contributed by atoms with Gasteiger partial charge in [-0.05, 0) is 6.92 Å². The van der Waals surface area contributed by atoms with Gasteiger partial charge in [-0.2, -0.15) is 4.91 Å². The van der Waals surface area contributed by atoms with Crippen LogP contribution in [0.2, 0.25) is 0 Å². The van der Waals surface area contributed by atoms with Gasteiger partial charge in [-0.25, -0.2) is 0 Å². The Kier molecular flexibility index (Phi) is 4.15. The highest BCUT2D eigenvalue weighted by atomic mass is 16.7. The molecule has 0 aromatic heterocycles. The van der Waals surface area contributed by atoms with E-state index in [-0.39, 0.29) is 6.61 Å². The molecule has 1 aliphatic heterocycles. The smallest absolute Gasteiger partial charge is 0.184 e. The maximum Gasteiger partial charge on any atom is 0.184 e. The maximum absolute atomic E-state index is 10.8. The third-order valence-electron chi connectivity index (χ3n) is 2.59. The second kappa shape index (κ2) is 4.90. The first-order valence-corrected chi connectivity index (χ1v) is 5.05.